The molecule has 0 aromatic carbocycles. The van der Waals surface area contributed by atoms with E-state index >= 15 is 0 Å². The van der Waals surface area contributed by atoms with E-state index in [0.717, 1.165) is 18.4 Å². The fourth-order valence-corrected chi connectivity index (χ4v) is 4.86. The minimum atomic E-state index is -0.791. The number of allylic oxidation sites excluding steroid dienone is 2. The Kier molecular flexibility index (Phi) is 9.88. The van der Waals surface area contributed by atoms with Crippen molar-refractivity contribution in [3.8, 4) is 0 Å². The van der Waals surface area contributed by atoms with Gasteiger partial charge in [0.25, 0.3) is 0 Å². The molecule has 0 aliphatic carbocycles. The summed E-state index contributed by atoms with van der Waals surface area (Å²) in [5, 5.41) is 23.0. The Labute approximate surface area is 213 Å². The first-order valence-electron chi connectivity index (χ1n) is 12.7. The quantitative estimate of drug-likeness (QED) is 0.187. The number of ether oxygens (including phenoxy) is 4. The van der Waals surface area contributed by atoms with E-state index < -0.39 is 23.9 Å². The van der Waals surface area contributed by atoms with Gasteiger partial charge in [-0.1, -0.05) is 36.8 Å². The topological polar surface area (TPSA) is 127 Å². The maximum absolute atomic E-state index is 12.1. The van der Waals surface area contributed by atoms with Crippen LogP contribution in [0.15, 0.2) is 36.0 Å². The second-order valence-electron chi connectivity index (χ2n) is 10.4. The molecule has 0 aromatic rings. The molecule has 9 nitrogen and oxygen atoms in total. The predicted molar refractivity (Wildman–Crippen MR) is 133 cm³/mol. The molecule has 3 aliphatic rings. The zero-order chi connectivity index (χ0) is 26.5. The summed E-state index contributed by atoms with van der Waals surface area (Å²) in [6.45, 7) is 8.11. The van der Waals surface area contributed by atoms with Crippen molar-refractivity contribution in [2.24, 2.45) is 5.92 Å². The Balaban J connectivity index is 1.52. The number of epoxide rings is 1. The third kappa shape index (κ3) is 7.73. The third-order valence-electron chi connectivity index (χ3n) is 7.20. The Bertz CT molecular complexity index is 862. The molecule has 9 atom stereocenters. The minimum Gasteiger partial charge on any atom is -0.469 e. The van der Waals surface area contributed by atoms with Gasteiger partial charge in [-0.25, -0.2) is 0 Å². The molecule has 3 N–H and O–H groups in total. The first-order chi connectivity index (χ1) is 17.0. The van der Waals surface area contributed by atoms with E-state index in [9.17, 15) is 19.8 Å². The highest BCUT2D eigenvalue weighted by Crippen LogP contribution is 2.43. The zero-order valence-corrected chi connectivity index (χ0v) is 21.9. The van der Waals surface area contributed by atoms with Crippen molar-refractivity contribution in [2.45, 2.75) is 102 Å². The number of carbonyl (C=O) groups is 2. The molecule has 1 spiro atoms. The molecule has 1 amide bonds. The van der Waals surface area contributed by atoms with E-state index in [4.69, 9.17) is 18.9 Å². The number of carbonyl (C=O) groups excluding carboxylic acids is 2. The monoisotopic (exact) mass is 507 g/mol. The van der Waals surface area contributed by atoms with Gasteiger partial charge in [0.05, 0.1) is 50.6 Å². The SMILES string of the molecule is COC(=O)C[C@@H]1CC2(CO2)[C@H](O)[C@@H](/C=C/C(C)=C/C[C@@H]2O[C@H](C)[C@H](NC(=O)/C=C\[C@H](C)O)C[C@@H]2C)O1. The van der Waals surface area contributed by atoms with Crippen LogP contribution in [0.5, 0.6) is 0 Å². The van der Waals surface area contributed by atoms with Crippen molar-refractivity contribution < 1.29 is 38.7 Å². The summed E-state index contributed by atoms with van der Waals surface area (Å²) >= 11 is 0. The minimum absolute atomic E-state index is 0.0219. The van der Waals surface area contributed by atoms with Crippen LogP contribution < -0.4 is 5.32 Å². The van der Waals surface area contributed by atoms with Gasteiger partial charge in [0.1, 0.15) is 17.8 Å². The second-order valence-corrected chi connectivity index (χ2v) is 10.4. The zero-order valence-electron chi connectivity index (χ0n) is 21.9. The smallest absolute Gasteiger partial charge is 0.308 e. The number of nitrogens with one attached hydrogen (secondary N) is 1. The molecular formula is C27H41NO8. The number of esters is 1. The lowest BCUT2D eigenvalue weighted by molar-refractivity contribution is -0.157. The maximum atomic E-state index is 12.1. The first kappa shape index (κ1) is 28.5. The standard InChI is InChI=1S/C27H41NO8/c1-16(7-10-23-26(32)27(15-34-27)14-20(36-23)13-25(31)33-5)6-9-22-17(2)12-21(19(4)35-22)28-24(30)11-8-18(3)29/h6-8,10-11,17-23,26,29,32H,9,12-15H2,1-5H3,(H,28,30)/b10-7+,11-8-,16-6+/t17-,18-,19+,20+,21+,22-,23+,26+,27?/m0/s1. The molecular weight excluding hydrogens is 466 g/mol. The first-order valence-corrected chi connectivity index (χ1v) is 12.7. The number of hydrogen-bond donors (Lipinski definition) is 3. The lowest BCUT2D eigenvalue weighted by atomic mass is 9.87. The van der Waals surface area contributed by atoms with Crippen LogP contribution in [0.4, 0.5) is 0 Å². The van der Waals surface area contributed by atoms with E-state index in [1.54, 1.807) is 6.92 Å². The van der Waals surface area contributed by atoms with E-state index in [1.807, 2.05) is 26.0 Å². The molecule has 3 aliphatic heterocycles. The number of methoxy groups -OCH3 is 1. The number of hydrogen-bond acceptors (Lipinski definition) is 8. The highest BCUT2D eigenvalue weighted by Gasteiger charge is 2.58. The molecule has 0 saturated carbocycles. The van der Waals surface area contributed by atoms with Crippen molar-refractivity contribution in [1.29, 1.82) is 0 Å². The number of rotatable bonds is 9. The summed E-state index contributed by atoms with van der Waals surface area (Å²) in [6, 6.07) is -0.0905. The average molecular weight is 508 g/mol. The predicted octanol–water partition coefficient (Wildman–Crippen LogP) is 1.96. The van der Waals surface area contributed by atoms with Crippen LogP contribution in [0.1, 0.15) is 53.4 Å². The van der Waals surface area contributed by atoms with Crippen molar-refractivity contribution in [3.05, 3.63) is 36.0 Å². The van der Waals surface area contributed by atoms with Gasteiger partial charge in [-0.05, 0) is 39.5 Å². The third-order valence-corrected chi connectivity index (χ3v) is 7.20. The molecule has 3 heterocycles. The molecule has 3 fully saturated rings. The van der Waals surface area contributed by atoms with E-state index in [-0.39, 0.29) is 48.6 Å². The van der Waals surface area contributed by atoms with Crippen LogP contribution in [0.3, 0.4) is 0 Å². The largest absolute Gasteiger partial charge is 0.469 e. The lowest BCUT2D eigenvalue weighted by Gasteiger charge is -2.39. The average Bonchev–Trinajstić information content (AvgIpc) is 3.60. The van der Waals surface area contributed by atoms with Crippen LogP contribution in [0.2, 0.25) is 0 Å². The Morgan fingerprint density at radius 2 is 1.97 bits per heavy atom. The number of aliphatic hydroxyl groups is 2. The molecule has 1 unspecified atom stereocenters. The summed E-state index contributed by atoms with van der Waals surface area (Å²) < 4.78 is 22.5. The van der Waals surface area contributed by atoms with Gasteiger partial charge in [-0.3, -0.25) is 9.59 Å². The van der Waals surface area contributed by atoms with Gasteiger partial charge < -0.3 is 34.5 Å². The maximum Gasteiger partial charge on any atom is 0.308 e. The van der Waals surface area contributed by atoms with E-state index in [2.05, 4.69) is 18.3 Å². The fraction of sp³-hybridized carbons (Fsp3) is 0.704. The summed E-state index contributed by atoms with van der Waals surface area (Å²) in [5.41, 5.74) is 0.372. The van der Waals surface area contributed by atoms with Gasteiger partial charge in [0, 0.05) is 12.5 Å². The Hall–Kier alpha value is -2.04. The molecule has 202 valence electrons. The number of amides is 1. The van der Waals surface area contributed by atoms with Crippen LogP contribution in [-0.2, 0) is 28.5 Å². The highest BCUT2D eigenvalue weighted by molar-refractivity contribution is 5.87. The molecule has 0 radical (unpaired) electrons. The Morgan fingerprint density at radius 1 is 1.25 bits per heavy atom. The van der Waals surface area contributed by atoms with Gasteiger partial charge >= 0.3 is 5.97 Å². The van der Waals surface area contributed by atoms with Crippen LogP contribution in [0.25, 0.3) is 0 Å². The lowest BCUT2D eigenvalue weighted by Crippen LogP contribution is -2.50. The highest BCUT2D eigenvalue weighted by atomic mass is 16.6. The normalized spacial score (nSPS) is 37.9. The molecule has 3 saturated heterocycles. The summed E-state index contributed by atoms with van der Waals surface area (Å²) in [6.07, 6.45) is 8.25. The fourth-order valence-electron chi connectivity index (χ4n) is 4.86. The number of aliphatic hydroxyl groups excluding tert-OH is 2. The molecule has 0 aromatic heterocycles. The van der Waals surface area contributed by atoms with Crippen LogP contribution >= 0.6 is 0 Å². The van der Waals surface area contributed by atoms with Crippen molar-refractivity contribution >= 4 is 11.9 Å². The van der Waals surface area contributed by atoms with Gasteiger partial charge in [0.15, 0.2) is 0 Å². The molecule has 3 rings (SSSR count). The van der Waals surface area contributed by atoms with Gasteiger partial charge in [0.2, 0.25) is 5.91 Å². The van der Waals surface area contributed by atoms with Crippen molar-refractivity contribution in [2.75, 3.05) is 13.7 Å². The summed E-state index contributed by atoms with van der Waals surface area (Å²) in [5.74, 6) is -0.336. The molecule has 9 heteroatoms. The summed E-state index contributed by atoms with van der Waals surface area (Å²) in [7, 11) is 1.35. The van der Waals surface area contributed by atoms with Crippen molar-refractivity contribution in [1.82, 2.24) is 5.32 Å². The Morgan fingerprint density at radius 3 is 2.61 bits per heavy atom. The molecule has 0 bridgehead atoms. The van der Waals surface area contributed by atoms with E-state index in [0.29, 0.717) is 13.0 Å². The van der Waals surface area contributed by atoms with Crippen LogP contribution in [-0.4, -0.2) is 84.1 Å². The summed E-state index contributed by atoms with van der Waals surface area (Å²) in [4.78, 5) is 23.8. The van der Waals surface area contributed by atoms with Crippen LogP contribution in [0, 0.1) is 5.92 Å². The van der Waals surface area contributed by atoms with E-state index in [1.165, 1.54) is 19.3 Å². The molecule has 36 heavy (non-hydrogen) atoms. The van der Waals surface area contributed by atoms with Gasteiger partial charge in [-0.2, -0.15) is 0 Å². The van der Waals surface area contributed by atoms with Gasteiger partial charge in [-0.15, -0.1) is 0 Å². The second kappa shape index (κ2) is 12.5. The van der Waals surface area contributed by atoms with Crippen molar-refractivity contribution in [3.63, 3.8) is 0 Å².